The predicted octanol–water partition coefficient (Wildman–Crippen LogP) is 4.94. The molecule has 0 atom stereocenters. The molecule has 0 unspecified atom stereocenters. The number of benzene rings is 2. The molecule has 3 aromatic rings. The average Bonchev–Trinajstić information content (AvgIpc) is 2.74. The molecular formula is C24H28N4OS. The van der Waals surface area contributed by atoms with Crippen LogP contribution in [-0.2, 0) is 4.79 Å². The summed E-state index contributed by atoms with van der Waals surface area (Å²) in [4.78, 5) is 20.2. The van der Waals surface area contributed by atoms with E-state index in [1.165, 1.54) is 17.4 Å². The molecule has 1 aromatic heterocycles. The van der Waals surface area contributed by atoms with Crippen LogP contribution in [0.25, 0.3) is 10.9 Å². The summed E-state index contributed by atoms with van der Waals surface area (Å²) in [5.41, 5.74) is 7.84. The van der Waals surface area contributed by atoms with E-state index in [0.717, 1.165) is 45.7 Å². The minimum absolute atomic E-state index is 0.133. The largest absolute Gasteiger partial charge is 0.372 e. The van der Waals surface area contributed by atoms with Crippen LogP contribution < -0.4 is 10.3 Å². The van der Waals surface area contributed by atoms with E-state index in [-0.39, 0.29) is 5.91 Å². The molecule has 0 aliphatic carbocycles. The highest BCUT2D eigenvalue weighted by Gasteiger charge is 2.09. The van der Waals surface area contributed by atoms with Crippen LogP contribution in [0.1, 0.15) is 30.7 Å². The van der Waals surface area contributed by atoms with Crippen molar-refractivity contribution in [1.29, 1.82) is 0 Å². The zero-order valence-electron chi connectivity index (χ0n) is 18.0. The van der Waals surface area contributed by atoms with Gasteiger partial charge in [0, 0.05) is 34.8 Å². The van der Waals surface area contributed by atoms with Gasteiger partial charge in [0.2, 0.25) is 5.91 Å². The molecule has 2 aromatic carbocycles. The molecule has 0 radical (unpaired) electrons. The molecule has 1 amide bonds. The molecule has 1 heterocycles. The van der Waals surface area contributed by atoms with Gasteiger partial charge < -0.3 is 4.90 Å². The Morgan fingerprint density at radius 1 is 1.13 bits per heavy atom. The number of aryl methyl sites for hydroxylation is 2. The molecule has 0 saturated carbocycles. The number of hydrogen-bond acceptors (Lipinski definition) is 5. The molecule has 0 aliphatic rings. The van der Waals surface area contributed by atoms with Crippen molar-refractivity contribution in [3.8, 4) is 0 Å². The zero-order chi connectivity index (χ0) is 21.5. The fourth-order valence-corrected chi connectivity index (χ4v) is 4.24. The molecule has 5 nitrogen and oxygen atoms in total. The molecule has 6 heteroatoms. The standard InChI is InChI=1S/C24H28N4OS/c1-5-28(6-2)20-12-10-19(11-13-20)15-25-27-23(29)16-30-22-14-18(4)26-24-17(3)8-7-9-21(22)24/h7-15H,5-6,16H2,1-4H3,(H,27,29)/b25-15+. The predicted molar refractivity (Wildman–Crippen MR) is 128 cm³/mol. The summed E-state index contributed by atoms with van der Waals surface area (Å²) in [5, 5.41) is 5.18. The van der Waals surface area contributed by atoms with Crippen molar-refractivity contribution < 1.29 is 4.79 Å². The minimum Gasteiger partial charge on any atom is -0.372 e. The van der Waals surface area contributed by atoms with Crippen molar-refractivity contribution in [3.05, 3.63) is 65.4 Å². The fourth-order valence-electron chi connectivity index (χ4n) is 3.32. The monoisotopic (exact) mass is 420 g/mol. The van der Waals surface area contributed by atoms with Crippen molar-refractivity contribution in [3.63, 3.8) is 0 Å². The number of aromatic nitrogens is 1. The van der Waals surface area contributed by atoms with Crippen molar-refractivity contribution >= 4 is 40.5 Å². The lowest BCUT2D eigenvalue weighted by Crippen LogP contribution is -2.21. The quantitative estimate of drug-likeness (QED) is 0.319. The van der Waals surface area contributed by atoms with E-state index in [4.69, 9.17) is 0 Å². The third kappa shape index (κ3) is 5.39. The molecular weight excluding hydrogens is 392 g/mol. The lowest BCUT2D eigenvalue weighted by molar-refractivity contribution is -0.118. The van der Waals surface area contributed by atoms with Gasteiger partial charge in [-0.1, -0.05) is 30.3 Å². The normalized spacial score (nSPS) is 11.2. The Kier molecular flexibility index (Phi) is 7.46. The van der Waals surface area contributed by atoms with E-state index in [9.17, 15) is 4.79 Å². The maximum absolute atomic E-state index is 12.2. The number of rotatable bonds is 8. The highest BCUT2D eigenvalue weighted by atomic mass is 32.2. The number of thioether (sulfide) groups is 1. The number of fused-ring (bicyclic) bond motifs is 1. The van der Waals surface area contributed by atoms with E-state index in [0.29, 0.717) is 5.75 Å². The Bertz CT molecular complexity index is 1040. The molecule has 3 rings (SSSR count). The summed E-state index contributed by atoms with van der Waals surface area (Å²) in [7, 11) is 0. The number of para-hydroxylation sites is 1. The molecule has 0 spiro atoms. The van der Waals surface area contributed by atoms with Crippen LogP contribution in [0.4, 0.5) is 5.69 Å². The lowest BCUT2D eigenvalue weighted by atomic mass is 10.1. The minimum atomic E-state index is -0.133. The molecule has 0 saturated heterocycles. The highest BCUT2D eigenvalue weighted by Crippen LogP contribution is 2.29. The SMILES string of the molecule is CCN(CC)c1ccc(/C=N/NC(=O)CSc2cc(C)nc3c(C)cccc23)cc1. The zero-order valence-corrected chi connectivity index (χ0v) is 18.8. The Hall–Kier alpha value is -2.86. The Morgan fingerprint density at radius 2 is 1.87 bits per heavy atom. The maximum Gasteiger partial charge on any atom is 0.250 e. The summed E-state index contributed by atoms with van der Waals surface area (Å²) in [6.07, 6.45) is 1.67. The fraction of sp³-hybridized carbons (Fsp3) is 0.292. The maximum atomic E-state index is 12.2. The summed E-state index contributed by atoms with van der Waals surface area (Å²) in [6, 6.07) is 16.3. The van der Waals surface area contributed by atoms with Crippen molar-refractivity contribution in [2.24, 2.45) is 5.10 Å². The van der Waals surface area contributed by atoms with E-state index in [1.54, 1.807) is 6.21 Å². The molecule has 0 fully saturated rings. The first kappa shape index (κ1) is 21.8. The number of pyridine rings is 1. The van der Waals surface area contributed by atoms with Gasteiger partial charge in [0.25, 0.3) is 0 Å². The Morgan fingerprint density at radius 3 is 2.57 bits per heavy atom. The Balaban J connectivity index is 1.58. The number of hydrazone groups is 1. The number of hydrogen-bond donors (Lipinski definition) is 1. The van der Waals surface area contributed by atoms with Crippen molar-refractivity contribution in [1.82, 2.24) is 10.4 Å². The lowest BCUT2D eigenvalue weighted by Gasteiger charge is -2.20. The van der Waals surface area contributed by atoms with Gasteiger partial charge in [0.1, 0.15) is 0 Å². The van der Waals surface area contributed by atoms with Gasteiger partial charge in [0.05, 0.1) is 17.5 Å². The van der Waals surface area contributed by atoms with Gasteiger partial charge >= 0.3 is 0 Å². The molecule has 30 heavy (non-hydrogen) atoms. The van der Waals surface area contributed by atoms with Crippen LogP contribution in [-0.4, -0.2) is 35.9 Å². The number of anilines is 1. The summed E-state index contributed by atoms with van der Waals surface area (Å²) in [5.74, 6) is 0.163. The number of nitrogens with one attached hydrogen (secondary N) is 1. The first-order valence-corrected chi connectivity index (χ1v) is 11.2. The van der Waals surface area contributed by atoms with E-state index in [1.807, 2.05) is 31.2 Å². The van der Waals surface area contributed by atoms with Gasteiger partial charge in [-0.25, -0.2) is 5.43 Å². The molecule has 0 bridgehead atoms. The molecule has 0 aliphatic heterocycles. The second-order valence-electron chi connectivity index (χ2n) is 7.08. The second-order valence-corrected chi connectivity index (χ2v) is 8.10. The third-order valence-electron chi connectivity index (χ3n) is 4.91. The van der Waals surface area contributed by atoms with Gasteiger partial charge in [0.15, 0.2) is 0 Å². The first-order chi connectivity index (χ1) is 14.5. The van der Waals surface area contributed by atoms with Gasteiger partial charge in [-0.05, 0) is 57.0 Å². The van der Waals surface area contributed by atoms with Gasteiger partial charge in [-0.15, -0.1) is 11.8 Å². The number of carbonyl (C=O) groups is 1. The van der Waals surface area contributed by atoms with E-state index >= 15 is 0 Å². The van der Waals surface area contributed by atoms with Crippen molar-refractivity contribution in [2.45, 2.75) is 32.6 Å². The number of carbonyl (C=O) groups excluding carboxylic acids is 1. The van der Waals surface area contributed by atoms with Crippen LogP contribution in [0.15, 0.2) is 58.5 Å². The smallest absolute Gasteiger partial charge is 0.250 e. The average molecular weight is 421 g/mol. The summed E-state index contributed by atoms with van der Waals surface area (Å²) in [6.45, 7) is 10.3. The summed E-state index contributed by atoms with van der Waals surface area (Å²) < 4.78 is 0. The van der Waals surface area contributed by atoms with Crippen LogP contribution in [0.5, 0.6) is 0 Å². The Labute approximate surface area is 182 Å². The van der Waals surface area contributed by atoms with Crippen LogP contribution in [0.3, 0.4) is 0 Å². The van der Waals surface area contributed by atoms with Crippen LogP contribution in [0, 0.1) is 13.8 Å². The molecule has 1 N–H and O–H groups in total. The number of nitrogens with zero attached hydrogens (tertiary/aromatic N) is 3. The number of amides is 1. The highest BCUT2D eigenvalue weighted by molar-refractivity contribution is 8.00. The van der Waals surface area contributed by atoms with Gasteiger partial charge in [-0.3, -0.25) is 9.78 Å². The van der Waals surface area contributed by atoms with Crippen LogP contribution >= 0.6 is 11.8 Å². The van der Waals surface area contributed by atoms with Crippen LogP contribution in [0.2, 0.25) is 0 Å². The van der Waals surface area contributed by atoms with E-state index in [2.05, 4.69) is 65.4 Å². The van der Waals surface area contributed by atoms with Crippen molar-refractivity contribution in [2.75, 3.05) is 23.7 Å². The van der Waals surface area contributed by atoms with Gasteiger partial charge in [-0.2, -0.15) is 5.10 Å². The topological polar surface area (TPSA) is 57.6 Å². The third-order valence-corrected chi connectivity index (χ3v) is 5.97. The second kappa shape index (κ2) is 10.3. The first-order valence-electron chi connectivity index (χ1n) is 10.2. The molecule has 156 valence electrons. The summed E-state index contributed by atoms with van der Waals surface area (Å²) >= 11 is 1.51. The van der Waals surface area contributed by atoms with E-state index < -0.39 is 0 Å².